The van der Waals surface area contributed by atoms with E-state index in [2.05, 4.69) is 39.9 Å². The van der Waals surface area contributed by atoms with Crippen molar-refractivity contribution in [3.05, 3.63) is 30.2 Å². The lowest BCUT2D eigenvalue weighted by atomic mass is 10.0. The number of piperidine rings is 1. The van der Waals surface area contributed by atoms with Crippen LogP contribution in [0.1, 0.15) is 24.8 Å². The zero-order chi connectivity index (χ0) is 13.8. The monoisotopic (exact) mass is 272 g/mol. The molecule has 2 aromatic rings. The Balaban J connectivity index is 1.70. The van der Waals surface area contributed by atoms with Crippen molar-refractivity contribution < 1.29 is 4.42 Å². The predicted molar refractivity (Wildman–Crippen MR) is 78.6 cm³/mol. The van der Waals surface area contributed by atoms with Gasteiger partial charge in [-0.1, -0.05) is 12.5 Å². The molecule has 0 amide bonds. The van der Waals surface area contributed by atoms with Crippen LogP contribution in [0.15, 0.2) is 29.0 Å². The van der Waals surface area contributed by atoms with E-state index >= 15 is 0 Å². The normalized spacial score (nSPS) is 18.9. The molecule has 0 aliphatic carbocycles. The van der Waals surface area contributed by atoms with E-state index in [1.807, 2.05) is 6.07 Å². The number of nitrogens with zero attached hydrogens (tertiary/aromatic N) is 2. The van der Waals surface area contributed by atoms with Gasteiger partial charge in [-0.05, 0) is 44.0 Å². The van der Waals surface area contributed by atoms with Gasteiger partial charge in [-0.25, -0.2) is 0 Å². The van der Waals surface area contributed by atoms with Gasteiger partial charge in [0.25, 0.3) is 0 Å². The van der Waals surface area contributed by atoms with Crippen LogP contribution in [0.4, 0.5) is 5.69 Å². The van der Waals surface area contributed by atoms with Crippen molar-refractivity contribution in [1.82, 2.24) is 15.5 Å². The van der Waals surface area contributed by atoms with E-state index in [9.17, 15) is 0 Å². The largest absolute Gasteiger partial charge is 0.423 e. The van der Waals surface area contributed by atoms with Crippen LogP contribution in [0.5, 0.6) is 0 Å². The molecule has 0 bridgehead atoms. The van der Waals surface area contributed by atoms with Crippen LogP contribution in [-0.2, 0) is 0 Å². The summed E-state index contributed by atoms with van der Waals surface area (Å²) in [7, 11) is 0. The smallest absolute Gasteiger partial charge is 0.247 e. The Kier molecular flexibility index (Phi) is 3.97. The number of anilines is 1. The molecule has 3 rings (SSSR count). The molecule has 1 aliphatic heterocycles. The highest BCUT2D eigenvalue weighted by atomic mass is 16.4. The molecule has 0 saturated carbocycles. The van der Waals surface area contributed by atoms with Crippen LogP contribution in [-0.4, -0.2) is 29.3 Å². The Bertz CT molecular complexity index is 547. The summed E-state index contributed by atoms with van der Waals surface area (Å²) < 4.78 is 5.25. The maximum Gasteiger partial charge on any atom is 0.247 e. The molecule has 2 heterocycles. The Morgan fingerprint density at radius 3 is 3.10 bits per heavy atom. The third kappa shape index (κ3) is 2.99. The van der Waals surface area contributed by atoms with E-state index < -0.39 is 0 Å². The second-order valence-corrected chi connectivity index (χ2v) is 5.30. The lowest BCUT2D eigenvalue weighted by molar-refractivity contribution is 0.414. The molecule has 0 spiro atoms. The highest BCUT2D eigenvalue weighted by molar-refractivity contribution is 5.64. The van der Waals surface area contributed by atoms with Gasteiger partial charge < -0.3 is 15.1 Å². The topological polar surface area (TPSA) is 63.0 Å². The van der Waals surface area contributed by atoms with Crippen molar-refractivity contribution in [1.29, 1.82) is 0 Å². The second kappa shape index (κ2) is 6.05. The van der Waals surface area contributed by atoms with Gasteiger partial charge in [0.2, 0.25) is 12.3 Å². The van der Waals surface area contributed by atoms with Crippen LogP contribution in [0.3, 0.4) is 0 Å². The zero-order valence-corrected chi connectivity index (χ0v) is 11.7. The van der Waals surface area contributed by atoms with E-state index in [1.165, 1.54) is 31.2 Å². The fourth-order valence-corrected chi connectivity index (χ4v) is 2.58. The van der Waals surface area contributed by atoms with Gasteiger partial charge in [0.15, 0.2) is 0 Å². The quantitative estimate of drug-likeness (QED) is 0.895. The lowest BCUT2D eigenvalue weighted by Crippen LogP contribution is -2.39. The van der Waals surface area contributed by atoms with E-state index in [0.29, 0.717) is 11.9 Å². The summed E-state index contributed by atoms with van der Waals surface area (Å²) in [6.45, 7) is 4.19. The van der Waals surface area contributed by atoms with Gasteiger partial charge in [0, 0.05) is 23.8 Å². The maximum absolute atomic E-state index is 5.25. The molecule has 1 aromatic carbocycles. The molecule has 1 aliphatic rings. The van der Waals surface area contributed by atoms with Crippen molar-refractivity contribution in [2.24, 2.45) is 0 Å². The van der Waals surface area contributed by atoms with Gasteiger partial charge in [0.05, 0.1) is 0 Å². The highest BCUT2D eigenvalue weighted by Gasteiger charge is 2.13. The standard InChI is InChI=1S/C15H20N4O/c1-11-5-6-12(15-19-18-10-20-15)8-14(11)17-9-13-4-2-3-7-16-13/h5-6,8,10,13,16-17H,2-4,7,9H2,1H3. The Morgan fingerprint density at radius 2 is 2.35 bits per heavy atom. The number of nitrogens with one attached hydrogen (secondary N) is 2. The van der Waals surface area contributed by atoms with E-state index in [0.717, 1.165) is 24.3 Å². The summed E-state index contributed by atoms with van der Waals surface area (Å²) in [6.07, 6.45) is 5.21. The Hall–Kier alpha value is -1.88. The summed E-state index contributed by atoms with van der Waals surface area (Å²) in [4.78, 5) is 0. The van der Waals surface area contributed by atoms with Gasteiger partial charge in [-0.2, -0.15) is 0 Å². The van der Waals surface area contributed by atoms with Crippen LogP contribution >= 0.6 is 0 Å². The average molecular weight is 272 g/mol. The van der Waals surface area contributed by atoms with Crippen LogP contribution in [0, 0.1) is 6.92 Å². The molecule has 106 valence electrons. The van der Waals surface area contributed by atoms with Crippen molar-refractivity contribution in [3.63, 3.8) is 0 Å². The molecule has 2 N–H and O–H groups in total. The number of benzene rings is 1. The molecule has 1 saturated heterocycles. The van der Waals surface area contributed by atoms with Crippen molar-refractivity contribution in [2.75, 3.05) is 18.4 Å². The number of aryl methyl sites for hydroxylation is 1. The van der Waals surface area contributed by atoms with Gasteiger partial charge in [0.1, 0.15) is 0 Å². The molecule has 1 aromatic heterocycles. The van der Waals surface area contributed by atoms with Crippen LogP contribution in [0.25, 0.3) is 11.5 Å². The van der Waals surface area contributed by atoms with Crippen molar-refractivity contribution >= 4 is 5.69 Å². The SMILES string of the molecule is Cc1ccc(-c2nnco2)cc1NCC1CCCCN1. The summed E-state index contributed by atoms with van der Waals surface area (Å²) in [5.74, 6) is 0.559. The summed E-state index contributed by atoms with van der Waals surface area (Å²) >= 11 is 0. The van der Waals surface area contributed by atoms with E-state index in [-0.39, 0.29) is 0 Å². The first-order valence-electron chi connectivity index (χ1n) is 7.17. The molecule has 1 unspecified atom stereocenters. The van der Waals surface area contributed by atoms with E-state index in [4.69, 9.17) is 4.42 Å². The highest BCUT2D eigenvalue weighted by Crippen LogP contribution is 2.24. The Morgan fingerprint density at radius 1 is 1.40 bits per heavy atom. The first kappa shape index (κ1) is 13.1. The van der Waals surface area contributed by atoms with Crippen LogP contribution < -0.4 is 10.6 Å². The third-order valence-electron chi connectivity index (χ3n) is 3.80. The van der Waals surface area contributed by atoms with Gasteiger partial charge in [-0.3, -0.25) is 0 Å². The molecule has 0 radical (unpaired) electrons. The third-order valence-corrected chi connectivity index (χ3v) is 3.80. The van der Waals surface area contributed by atoms with Crippen LogP contribution in [0.2, 0.25) is 0 Å². The first-order chi connectivity index (χ1) is 9.83. The van der Waals surface area contributed by atoms with Crippen molar-refractivity contribution in [3.8, 4) is 11.5 Å². The summed E-state index contributed by atoms with van der Waals surface area (Å²) in [5.41, 5.74) is 3.31. The minimum Gasteiger partial charge on any atom is -0.423 e. The molecular weight excluding hydrogens is 252 g/mol. The molecule has 20 heavy (non-hydrogen) atoms. The zero-order valence-electron chi connectivity index (χ0n) is 11.7. The van der Waals surface area contributed by atoms with Gasteiger partial charge in [-0.15, -0.1) is 10.2 Å². The minimum atomic E-state index is 0.559. The first-order valence-corrected chi connectivity index (χ1v) is 7.17. The van der Waals surface area contributed by atoms with E-state index in [1.54, 1.807) is 0 Å². The maximum atomic E-state index is 5.25. The molecule has 5 nitrogen and oxygen atoms in total. The van der Waals surface area contributed by atoms with Crippen molar-refractivity contribution in [2.45, 2.75) is 32.2 Å². The Labute approximate surface area is 118 Å². The minimum absolute atomic E-state index is 0.559. The predicted octanol–water partition coefficient (Wildman–Crippen LogP) is 2.60. The molecule has 1 atom stereocenters. The molecular formula is C15H20N4O. The second-order valence-electron chi connectivity index (χ2n) is 5.30. The molecule has 5 heteroatoms. The molecule has 1 fully saturated rings. The lowest BCUT2D eigenvalue weighted by Gasteiger charge is -2.24. The summed E-state index contributed by atoms with van der Waals surface area (Å²) in [6, 6.07) is 6.73. The average Bonchev–Trinajstić information content (AvgIpc) is 3.02. The number of aromatic nitrogens is 2. The number of hydrogen-bond donors (Lipinski definition) is 2. The van der Waals surface area contributed by atoms with Gasteiger partial charge >= 0.3 is 0 Å². The number of hydrogen-bond acceptors (Lipinski definition) is 5. The number of rotatable bonds is 4. The fourth-order valence-electron chi connectivity index (χ4n) is 2.58. The fraction of sp³-hybridized carbons (Fsp3) is 0.467. The summed E-state index contributed by atoms with van der Waals surface area (Å²) in [5, 5.41) is 14.8.